The Morgan fingerprint density at radius 3 is 2.06 bits per heavy atom. The fraction of sp³-hybridized carbons (Fsp3) is 0.250. The first kappa shape index (κ1) is 24.7. The zero-order valence-electron chi connectivity index (χ0n) is 20.9. The molecule has 0 saturated carbocycles. The Morgan fingerprint density at radius 1 is 0.800 bits per heavy atom. The Bertz CT molecular complexity index is 1540. The zero-order valence-corrected chi connectivity index (χ0v) is 21.7. The molecule has 0 atom stereocenters. The molecule has 0 fully saturated rings. The summed E-state index contributed by atoms with van der Waals surface area (Å²) in [5, 5.41) is 4.03. The standard InChI is InChI=1S/C28H30N2O4S/c1-16-17(2)19(4)24(20(5)18(16)3)15-21-13-14-26(34-21)28(31)30-25-11-7-10-23-22(25)9-8-12-27(23)35(32,33)29-6/h7-14,29H,15H2,1-6H3,(H,30,31). The number of furan rings is 1. The van der Waals surface area contributed by atoms with E-state index in [0.717, 1.165) is 0 Å². The van der Waals surface area contributed by atoms with Crippen molar-refractivity contribution in [3.8, 4) is 0 Å². The van der Waals surface area contributed by atoms with Crippen LogP contribution in [0.25, 0.3) is 10.8 Å². The van der Waals surface area contributed by atoms with Crippen LogP contribution in [0.4, 0.5) is 5.69 Å². The maximum absolute atomic E-state index is 13.0. The lowest BCUT2D eigenvalue weighted by Crippen LogP contribution is -2.19. The van der Waals surface area contributed by atoms with E-state index in [0.29, 0.717) is 28.6 Å². The van der Waals surface area contributed by atoms with Crippen LogP contribution in [0.5, 0.6) is 0 Å². The summed E-state index contributed by atoms with van der Waals surface area (Å²) in [6, 6.07) is 13.7. The molecular weight excluding hydrogens is 460 g/mol. The van der Waals surface area contributed by atoms with Gasteiger partial charge in [0.1, 0.15) is 5.76 Å². The van der Waals surface area contributed by atoms with Gasteiger partial charge in [-0.1, -0.05) is 24.3 Å². The minimum atomic E-state index is -3.65. The first-order valence-corrected chi connectivity index (χ1v) is 12.9. The van der Waals surface area contributed by atoms with Gasteiger partial charge in [-0.15, -0.1) is 0 Å². The van der Waals surface area contributed by atoms with E-state index in [1.165, 1.54) is 46.5 Å². The van der Waals surface area contributed by atoms with Crippen LogP contribution in [0.3, 0.4) is 0 Å². The average Bonchev–Trinajstić information content (AvgIpc) is 3.33. The number of rotatable bonds is 6. The van der Waals surface area contributed by atoms with Gasteiger partial charge in [0.15, 0.2) is 5.76 Å². The molecule has 0 spiro atoms. The zero-order chi connectivity index (χ0) is 25.5. The van der Waals surface area contributed by atoms with Crippen LogP contribution in [-0.2, 0) is 16.4 Å². The first-order chi connectivity index (χ1) is 16.5. The van der Waals surface area contributed by atoms with Gasteiger partial charge < -0.3 is 9.73 Å². The lowest BCUT2D eigenvalue weighted by molar-refractivity contribution is 0.0995. The molecule has 1 heterocycles. The summed E-state index contributed by atoms with van der Waals surface area (Å²) < 4.78 is 33.1. The van der Waals surface area contributed by atoms with Crippen LogP contribution < -0.4 is 10.0 Å². The lowest BCUT2D eigenvalue weighted by Gasteiger charge is -2.18. The molecule has 7 heteroatoms. The smallest absolute Gasteiger partial charge is 0.291 e. The minimum Gasteiger partial charge on any atom is -0.456 e. The van der Waals surface area contributed by atoms with E-state index >= 15 is 0 Å². The predicted octanol–water partition coefficient (Wildman–Crippen LogP) is 5.73. The second kappa shape index (κ2) is 9.32. The van der Waals surface area contributed by atoms with Gasteiger partial charge in [0.25, 0.3) is 5.91 Å². The fourth-order valence-corrected chi connectivity index (χ4v) is 5.48. The number of nitrogens with one attached hydrogen (secondary N) is 2. The third kappa shape index (κ3) is 4.49. The van der Waals surface area contributed by atoms with Crippen molar-refractivity contribution in [3.05, 3.63) is 93.4 Å². The second-order valence-electron chi connectivity index (χ2n) is 8.86. The molecule has 1 aromatic heterocycles. The SMILES string of the molecule is CNS(=O)(=O)c1cccc2c(NC(=O)c3ccc(Cc4c(C)c(C)c(C)c(C)c4C)o3)cccc12. The number of fused-ring (bicyclic) bond motifs is 1. The highest BCUT2D eigenvalue weighted by Gasteiger charge is 2.19. The molecule has 0 saturated heterocycles. The molecule has 0 radical (unpaired) electrons. The number of amides is 1. The molecule has 1 amide bonds. The summed E-state index contributed by atoms with van der Waals surface area (Å²) in [5.41, 5.74) is 8.09. The highest BCUT2D eigenvalue weighted by atomic mass is 32.2. The van der Waals surface area contributed by atoms with Gasteiger partial charge in [-0.2, -0.15) is 0 Å². The molecule has 0 aliphatic rings. The lowest BCUT2D eigenvalue weighted by atomic mass is 9.88. The Labute approximate surface area is 206 Å². The van der Waals surface area contributed by atoms with Crippen LogP contribution in [0.15, 0.2) is 57.8 Å². The van der Waals surface area contributed by atoms with E-state index in [2.05, 4.69) is 44.7 Å². The van der Waals surface area contributed by atoms with Gasteiger partial charge >= 0.3 is 0 Å². The molecule has 3 aromatic carbocycles. The van der Waals surface area contributed by atoms with E-state index in [-0.39, 0.29) is 10.7 Å². The molecule has 6 nitrogen and oxygen atoms in total. The summed E-state index contributed by atoms with van der Waals surface area (Å²) in [7, 11) is -2.27. The van der Waals surface area contributed by atoms with Gasteiger partial charge in [-0.3, -0.25) is 4.79 Å². The number of hydrogen-bond acceptors (Lipinski definition) is 4. The van der Waals surface area contributed by atoms with E-state index in [1.54, 1.807) is 36.4 Å². The van der Waals surface area contributed by atoms with Gasteiger partial charge in [0.2, 0.25) is 10.0 Å². The molecule has 0 bridgehead atoms. The molecule has 2 N–H and O–H groups in total. The van der Waals surface area contributed by atoms with Crippen molar-refractivity contribution in [2.75, 3.05) is 12.4 Å². The Kier molecular flexibility index (Phi) is 6.58. The van der Waals surface area contributed by atoms with Crippen LogP contribution >= 0.6 is 0 Å². The molecule has 4 aromatic rings. The monoisotopic (exact) mass is 490 g/mol. The summed E-state index contributed by atoms with van der Waals surface area (Å²) in [6.07, 6.45) is 0.604. The van der Waals surface area contributed by atoms with Crippen LogP contribution in [0, 0.1) is 34.6 Å². The normalized spacial score (nSPS) is 11.7. The third-order valence-corrected chi connectivity index (χ3v) is 8.55. The molecule has 35 heavy (non-hydrogen) atoms. The molecule has 182 valence electrons. The highest BCUT2D eigenvalue weighted by molar-refractivity contribution is 7.89. The maximum Gasteiger partial charge on any atom is 0.291 e. The Hall–Kier alpha value is -3.42. The Morgan fingerprint density at radius 2 is 1.40 bits per heavy atom. The number of benzene rings is 3. The number of hydrogen-bond donors (Lipinski definition) is 2. The summed E-state index contributed by atoms with van der Waals surface area (Å²) in [6.45, 7) is 10.7. The van der Waals surface area contributed by atoms with E-state index < -0.39 is 15.9 Å². The van der Waals surface area contributed by atoms with Crippen molar-refractivity contribution in [1.82, 2.24) is 4.72 Å². The van der Waals surface area contributed by atoms with E-state index in [9.17, 15) is 13.2 Å². The summed E-state index contributed by atoms with van der Waals surface area (Å²) >= 11 is 0. The molecular formula is C28H30N2O4S. The van der Waals surface area contributed by atoms with Crippen LogP contribution in [-0.4, -0.2) is 21.4 Å². The molecule has 0 aliphatic heterocycles. The van der Waals surface area contributed by atoms with Gasteiger partial charge in [0.05, 0.1) is 4.90 Å². The van der Waals surface area contributed by atoms with Gasteiger partial charge in [-0.05, 0) is 99.3 Å². The number of anilines is 1. The largest absolute Gasteiger partial charge is 0.456 e. The summed E-state index contributed by atoms with van der Waals surface area (Å²) in [5.74, 6) is 0.520. The molecule has 0 unspecified atom stereocenters. The third-order valence-electron chi connectivity index (χ3n) is 7.08. The molecule has 0 aliphatic carbocycles. The number of sulfonamides is 1. The van der Waals surface area contributed by atoms with Crippen molar-refractivity contribution in [3.63, 3.8) is 0 Å². The first-order valence-electron chi connectivity index (χ1n) is 11.5. The van der Waals surface area contributed by atoms with E-state index in [4.69, 9.17) is 4.42 Å². The number of carbonyl (C=O) groups excluding carboxylic acids is 1. The van der Waals surface area contributed by atoms with Crippen LogP contribution in [0.1, 0.15) is 49.7 Å². The molecule has 4 rings (SSSR count). The van der Waals surface area contributed by atoms with Gasteiger partial charge in [-0.25, -0.2) is 13.1 Å². The topological polar surface area (TPSA) is 88.4 Å². The highest BCUT2D eigenvalue weighted by Crippen LogP contribution is 2.30. The quantitative estimate of drug-likeness (QED) is 0.361. The second-order valence-corrected chi connectivity index (χ2v) is 10.7. The van der Waals surface area contributed by atoms with E-state index in [1.807, 2.05) is 6.07 Å². The average molecular weight is 491 g/mol. The summed E-state index contributed by atoms with van der Waals surface area (Å²) in [4.78, 5) is 13.2. The minimum absolute atomic E-state index is 0.156. The van der Waals surface area contributed by atoms with Crippen LogP contribution in [0.2, 0.25) is 0 Å². The van der Waals surface area contributed by atoms with Crippen molar-refractivity contribution in [1.29, 1.82) is 0 Å². The van der Waals surface area contributed by atoms with Crippen molar-refractivity contribution in [2.45, 2.75) is 45.9 Å². The number of carbonyl (C=O) groups is 1. The maximum atomic E-state index is 13.0. The fourth-order valence-electron chi connectivity index (χ4n) is 4.53. The van der Waals surface area contributed by atoms with Crippen molar-refractivity contribution < 1.29 is 17.6 Å². The van der Waals surface area contributed by atoms with Crippen molar-refractivity contribution >= 4 is 32.4 Å². The van der Waals surface area contributed by atoms with Crippen molar-refractivity contribution in [2.24, 2.45) is 0 Å². The van der Waals surface area contributed by atoms with Gasteiger partial charge in [0, 0.05) is 22.9 Å². The Balaban J connectivity index is 1.62. The predicted molar refractivity (Wildman–Crippen MR) is 140 cm³/mol.